The van der Waals surface area contributed by atoms with Gasteiger partial charge in [0.1, 0.15) is 5.75 Å². The van der Waals surface area contributed by atoms with Gasteiger partial charge in [-0.2, -0.15) is 0 Å². The van der Waals surface area contributed by atoms with Gasteiger partial charge >= 0.3 is 0 Å². The van der Waals surface area contributed by atoms with Gasteiger partial charge in [0.05, 0.1) is 0 Å². The third-order valence-electron chi connectivity index (χ3n) is 2.04. The molecule has 1 amide bonds. The summed E-state index contributed by atoms with van der Waals surface area (Å²) in [5, 5.41) is 3.22. The maximum Gasteiger partial charge on any atom is 0.276 e. The minimum absolute atomic E-state index is 0.0647. The zero-order valence-corrected chi connectivity index (χ0v) is 11.3. The number of carbonyl (C=O) groups is 1. The van der Waals surface area contributed by atoms with E-state index in [0.29, 0.717) is 17.4 Å². The van der Waals surface area contributed by atoms with Crippen molar-refractivity contribution in [1.29, 1.82) is 0 Å². The molecule has 0 saturated carbocycles. The van der Waals surface area contributed by atoms with E-state index in [2.05, 4.69) is 16.2 Å². The number of ether oxygens (including phenoxy) is 1. The molecule has 0 aromatic heterocycles. The van der Waals surface area contributed by atoms with Crippen LogP contribution in [0.2, 0.25) is 0 Å². The van der Waals surface area contributed by atoms with Gasteiger partial charge < -0.3 is 10.1 Å². The summed E-state index contributed by atoms with van der Waals surface area (Å²) in [5.74, 6) is 0.362. The molecule has 0 heterocycles. The number of carbonyl (C=O) groups excluding carboxylic acids is 1. The molecule has 6 heteroatoms. The second-order valence-corrected chi connectivity index (χ2v) is 4.04. The van der Waals surface area contributed by atoms with Crippen LogP contribution >= 0.6 is 12.2 Å². The van der Waals surface area contributed by atoms with Crippen molar-refractivity contribution in [3.05, 3.63) is 29.8 Å². The molecule has 0 radical (unpaired) electrons. The van der Waals surface area contributed by atoms with E-state index in [4.69, 9.17) is 17.0 Å². The summed E-state index contributed by atoms with van der Waals surface area (Å²) < 4.78 is 5.30. The third kappa shape index (κ3) is 5.49. The summed E-state index contributed by atoms with van der Waals surface area (Å²) in [7, 11) is 0. The molecule has 1 aromatic rings. The maximum atomic E-state index is 11.4. The summed E-state index contributed by atoms with van der Waals surface area (Å²) >= 11 is 4.89. The van der Waals surface area contributed by atoms with Gasteiger partial charge in [-0.25, -0.2) is 0 Å². The molecule has 0 aliphatic rings. The second kappa shape index (κ2) is 7.50. The average molecular weight is 267 g/mol. The lowest BCUT2D eigenvalue weighted by molar-refractivity contribution is -0.123. The molecule has 18 heavy (non-hydrogen) atoms. The fraction of sp³-hybridized carbons (Fsp3) is 0.333. The first-order chi connectivity index (χ1) is 8.61. The van der Waals surface area contributed by atoms with E-state index in [-0.39, 0.29) is 12.5 Å². The average Bonchev–Trinajstić information content (AvgIpc) is 2.36. The standard InChI is InChI=1S/C12H17N3O2S/c1-3-13-12(18)15-14-11(16)8-17-10-6-4-9(2)5-7-10/h4-7H,3,8H2,1-2H3,(H,14,16)(H2,13,15,18). The molecule has 0 bridgehead atoms. The lowest BCUT2D eigenvalue weighted by atomic mass is 10.2. The monoisotopic (exact) mass is 267 g/mol. The van der Waals surface area contributed by atoms with Crippen molar-refractivity contribution in [2.24, 2.45) is 0 Å². The smallest absolute Gasteiger partial charge is 0.276 e. The van der Waals surface area contributed by atoms with Crippen LogP contribution in [0, 0.1) is 6.92 Å². The summed E-state index contributed by atoms with van der Waals surface area (Å²) in [6, 6.07) is 7.48. The quantitative estimate of drug-likeness (QED) is 0.558. The second-order valence-electron chi connectivity index (χ2n) is 3.63. The van der Waals surface area contributed by atoms with Crippen LogP contribution in [-0.4, -0.2) is 24.2 Å². The van der Waals surface area contributed by atoms with E-state index in [1.165, 1.54) is 0 Å². The van der Waals surface area contributed by atoms with Crippen LogP contribution in [0.3, 0.4) is 0 Å². The molecule has 98 valence electrons. The Bertz CT molecular complexity index is 406. The van der Waals surface area contributed by atoms with Crippen LogP contribution in [0.15, 0.2) is 24.3 Å². The number of hydrogen-bond donors (Lipinski definition) is 3. The number of hydrogen-bond acceptors (Lipinski definition) is 3. The van der Waals surface area contributed by atoms with Crippen LogP contribution in [-0.2, 0) is 4.79 Å². The van der Waals surface area contributed by atoms with Crippen molar-refractivity contribution in [2.45, 2.75) is 13.8 Å². The Balaban J connectivity index is 2.24. The molecule has 0 unspecified atom stereocenters. The number of hydrazine groups is 1. The molecular weight excluding hydrogens is 250 g/mol. The van der Waals surface area contributed by atoms with Crippen LogP contribution in [0.25, 0.3) is 0 Å². The van der Waals surface area contributed by atoms with Gasteiger partial charge in [0.2, 0.25) is 0 Å². The minimum Gasteiger partial charge on any atom is -0.484 e. The summed E-state index contributed by atoms with van der Waals surface area (Å²) in [6.45, 7) is 4.53. The van der Waals surface area contributed by atoms with Crippen molar-refractivity contribution < 1.29 is 9.53 Å². The van der Waals surface area contributed by atoms with Gasteiger partial charge in [-0.1, -0.05) is 17.7 Å². The molecule has 0 fully saturated rings. The first kappa shape index (κ1) is 14.2. The largest absolute Gasteiger partial charge is 0.484 e. The van der Waals surface area contributed by atoms with Gasteiger partial charge in [0.15, 0.2) is 11.7 Å². The van der Waals surface area contributed by atoms with Crippen LogP contribution in [0.4, 0.5) is 0 Å². The number of thiocarbonyl (C=S) groups is 1. The zero-order chi connectivity index (χ0) is 13.4. The van der Waals surface area contributed by atoms with Crippen LogP contribution in [0.1, 0.15) is 12.5 Å². The van der Waals surface area contributed by atoms with Crippen molar-refractivity contribution in [1.82, 2.24) is 16.2 Å². The number of rotatable bonds is 4. The zero-order valence-electron chi connectivity index (χ0n) is 10.4. The first-order valence-corrected chi connectivity index (χ1v) is 6.04. The van der Waals surface area contributed by atoms with E-state index < -0.39 is 0 Å². The lowest BCUT2D eigenvalue weighted by Crippen LogP contribution is -2.48. The highest BCUT2D eigenvalue weighted by atomic mass is 32.1. The van der Waals surface area contributed by atoms with Crippen LogP contribution in [0.5, 0.6) is 5.75 Å². The van der Waals surface area contributed by atoms with Gasteiger partial charge in [0, 0.05) is 6.54 Å². The van der Waals surface area contributed by atoms with E-state index in [9.17, 15) is 4.79 Å². The van der Waals surface area contributed by atoms with Crippen molar-refractivity contribution in [2.75, 3.05) is 13.2 Å². The van der Waals surface area contributed by atoms with Gasteiger partial charge in [-0.3, -0.25) is 15.6 Å². The van der Waals surface area contributed by atoms with Gasteiger partial charge in [-0.05, 0) is 38.2 Å². The van der Waals surface area contributed by atoms with E-state index in [0.717, 1.165) is 5.56 Å². The normalized spacial score (nSPS) is 9.44. The fourth-order valence-corrected chi connectivity index (χ4v) is 1.35. The molecule has 0 atom stereocenters. The molecule has 5 nitrogen and oxygen atoms in total. The van der Waals surface area contributed by atoms with Gasteiger partial charge in [-0.15, -0.1) is 0 Å². The predicted molar refractivity (Wildman–Crippen MR) is 74.2 cm³/mol. The molecule has 1 rings (SSSR count). The topological polar surface area (TPSA) is 62.4 Å². The maximum absolute atomic E-state index is 11.4. The van der Waals surface area contributed by atoms with Crippen molar-refractivity contribution >= 4 is 23.2 Å². The van der Waals surface area contributed by atoms with Gasteiger partial charge in [0.25, 0.3) is 5.91 Å². The predicted octanol–water partition coefficient (Wildman–Crippen LogP) is 0.889. The number of aryl methyl sites for hydroxylation is 1. The summed E-state index contributed by atoms with van der Waals surface area (Å²) in [4.78, 5) is 11.4. The number of nitrogens with one attached hydrogen (secondary N) is 3. The molecule has 0 spiro atoms. The highest BCUT2D eigenvalue weighted by Gasteiger charge is 2.02. The molecule has 3 N–H and O–H groups in total. The minimum atomic E-state index is -0.296. The molecule has 0 saturated heterocycles. The lowest BCUT2D eigenvalue weighted by Gasteiger charge is -2.10. The third-order valence-corrected chi connectivity index (χ3v) is 2.29. The van der Waals surface area contributed by atoms with Crippen molar-refractivity contribution in [3.8, 4) is 5.75 Å². The fourth-order valence-electron chi connectivity index (χ4n) is 1.15. The number of amides is 1. The first-order valence-electron chi connectivity index (χ1n) is 5.64. The molecule has 1 aromatic carbocycles. The number of benzene rings is 1. The highest BCUT2D eigenvalue weighted by molar-refractivity contribution is 7.80. The summed E-state index contributed by atoms with van der Waals surface area (Å²) in [5.41, 5.74) is 6.14. The SMILES string of the molecule is CCNC(=S)NNC(=O)COc1ccc(C)cc1. The Kier molecular flexibility index (Phi) is 5.93. The Morgan fingerprint density at radius 3 is 2.56 bits per heavy atom. The molecule has 0 aliphatic carbocycles. The Morgan fingerprint density at radius 1 is 1.28 bits per heavy atom. The van der Waals surface area contributed by atoms with E-state index in [1.54, 1.807) is 0 Å². The van der Waals surface area contributed by atoms with E-state index in [1.807, 2.05) is 38.1 Å². The van der Waals surface area contributed by atoms with Crippen molar-refractivity contribution in [3.63, 3.8) is 0 Å². The molecule has 0 aliphatic heterocycles. The molecular formula is C12H17N3O2S. The Labute approximate surface area is 112 Å². The highest BCUT2D eigenvalue weighted by Crippen LogP contribution is 2.10. The van der Waals surface area contributed by atoms with E-state index >= 15 is 0 Å². The Hall–Kier alpha value is -1.82. The Morgan fingerprint density at radius 2 is 1.94 bits per heavy atom. The summed E-state index contributed by atoms with van der Waals surface area (Å²) in [6.07, 6.45) is 0. The van der Waals surface area contributed by atoms with Crippen LogP contribution < -0.4 is 20.9 Å².